The molecule has 0 radical (unpaired) electrons. The van der Waals surface area contributed by atoms with Crippen LogP contribution in [0.2, 0.25) is 0 Å². The number of nitrogens with zero attached hydrogens (tertiary/aromatic N) is 3. The number of rotatable bonds is 3. The van der Waals surface area contributed by atoms with Crippen LogP contribution in [0.4, 0.5) is 18.3 Å². The van der Waals surface area contributed by atoms with Crippen molar-refractivity contribution in [3.63, 3.8) is 0 Å². The maximum absolute atomic E-state index is 12.7. The van der Waals surface area contributed by atoms with Gasteiger partial charge in [-0.25, -0.2) is 4.98 Å². The fraction of sp³-hybridized carbons (Fsp3) is 0.300. The highest BCUT2D eigenvalue weighted by Gasteiger charge is 2.31. The number of aryl methyl sites for hydroxylation is 1. The lowest BCUT2D eigenvalue weighted by Crippen LogP contribution is -2.48. The molecule has 5 nitrogen and oxygen atoms in total. The van der Waals surface area contributed by atoms with Gasteiger partial charge in [0.05, 0.1) is 10.2 Å². The molecule has 1 saturated heterocycles. The standard InChI is InChI=1S/C20H18F3N3O2S/c1-13-3-2-4-14(11-13)18(27)25-7-9-26(10-8-25)19-24-16-6-5-15(12-17(16)29-19)28-20(21,22)23/h2-6,11-12H,7-10H2,1H3. The molecule has 0 saturated carbocycles. The summed E-state index contributed by atoms with van der Waals surface area (Å²) in [5, 5.41) is 0.729. The number of carbonyl (C=O) groups is 1. The van der Waals surface area contributed by atoms with E-state index in [9.17, 15) is 18.0 Å². The first-order valence-corrected chi connectivity index (χ1v) is 9.87. The molecule has 29 heavy (non-hydrogen) atoms. The first kappa shape index (κ1) is 19.5. The number of amides is 1. The SMILES string of the molecule is Cc1cccc(C(=O)N2CCN(c3nc4ccc(OC(F)(F)F)cc4s3)CC2)c1. The molecule has 0 atom stereocenters. The largest absolute Gasteiger partial charge is 0.573 e. The lowest BCUT2D eigenvalue weighted by molar-refractivity contribution is -0.274. The topological polar surface area (TPSA) is 45.7 Å². The average molecular weight is 421 g/mol. The summed E-state index contributed by atoms with van der Waals surface area (Å²) >= 11 is 1.32. The van der Waals surface area contributed by atoms with Crippen molar-refractivity contribution in [3.05, 3.63) is 53.6 Å². The Morgan fingerprint density at radius 3 is 2.55 bits per heavy atom. The second-order valence-electron chi connectivity index (χ2n) is 6.82. The number of fused-ring (bicyclic) bond motifs is 1. The van der Waals surface area contributed by atoms with E-state index >= 15 is 0 Å². The predicted octanol–water partition coefficient (Wildman–Crippen LogP) is 4.47. The van der Waals surface area contributed by atoms with E-state index in [4.69, 9.17) is 0 Å². The Balaban J connectivity index is 1.44. The molecule has 0 bridgehead atoms. The highest BCUT2D eigenvalue weighted by atomic mass is 32.1. The summed E-state index contributed by atoms with van der Waals surface area (Å²) in [5.74, 6) is -0.250. The average Bonchev–Trinajstić information content (AvgIpc) is 3.09. The van der Waals surface area contributed by atoms with Crippen LogP contribution in [0.5, 0.6) is 5.75 Å². The van der Waals surface area contributed by atoms with Crippen LogP contribution in [0.25, 0.3) is 10.2 Å². The summed E-state index contributed by atoms with van der Waals surface area (Å²) in [6, 6.07) is 11.6. The summed E-state index contributed by atoms with van der Waals surface area (Å²) < 4.78 is 41.8. The van der Waals surface area contributed by atoms with Gasteiger partial charge in [0.15, 0.2) is 5.13 Å². The van der Waals surface area contributed by atoms with Gasteiger partial charge in [0.1, 0.15) is 5.75 Å². The zero-order valence-electron chi connectivity index (χ0n) is 15.6. The Bertz CT molecular complexity index is 1040. The monoisotopic (exact) mass is 421 g/mol. The second-order valence-corrected chi connectivity index (χ2v) is 7.83. The molecule has 152 valence electrons. The maximum atomic E-state index is 12.7. The van der Waals surface area contributed by atoms with Gasteiger partial charge in [0.2, 0.25) is 0 Å². The number of aromatic nitrogens is 1. The molecular weight excluding hydrogens is 403 g/mol. The first-order valence-electron chi connectivity index (χ1n) is 9.06. The fourth-order valence-corrected chi connectivity index (χ4v) is 4.33. The molecule has 1 amide bonds. The van der Waals surface area contributed by atoms with Crippen molar-refractivity contribution in [1.82, 2.24) is 9.88 Å². The highest BCUT2D eigenvalue weighted by Crippen LogP contribution is 2.33. The number of anilines is 1. The van der Waals surface area contributed by atoms with Crippen LogP contribution >= 0.6 is 11.3 Å². The van der Waals surface area contributed by atoms with Crippen LogP contribution in [0.15, 0.2) is 42.5 Å². The van der Waals surface area contributed by atoms with Gasteiger partial charge < -0.3 is 14.5 Å². The summed E-state index contributed by atoms with van der Waals surface area (Å²) in [6.45, 7) is 4.30. The summed E-state index contributed by atoms with van der Waals surface area (Å²) in [7, 11) is 0. The molecule has 1 fully saturated rings. The minimum Gasteiger partial charge on any atom is -0.406 e. The third-order valence-corrected chi connectivity index (χ3v) is 5.76. The van der Waals surface area contributed by atoms with Gasteiger partial charge in [-0.1, -0.05) is 29.0 Å². The quantitative estimate of drug-likeness (QED) is 0.626. The van der Waals surface area contributed by atoms with Crippen LogP contribution in [0.1, 0.15) is 15.9 Å². The highest BCUT2D eigenvalue weighted by molar-refractivity contribution is 7.22. The Morgan fingerprint density at radius 2 is 1.86 bits per heavy atom. The van der Waals surface area contributed by atoms with Gasteiger partial charge in [0, 0.05) is 37.8 Å². The van der Waals surface area contributed by atoms with Crippen molar-refractivity contribution in [2.45, 2.75) is 13.3 Å². The van der Waals surface area contributed by atoms with Crippen molar-refractivity contribution in [1.29, 1.82) is 0 Å². The zero-order valence-corrected chi connectivity index (χ0v) is 16.4. The van der Waals surface area contributed by atoms with Crippen LogP contribution in [0.3, 0.4) is 0 Å². The van der Waals surface area contributed by atoms with Gasteiger partial charge in [0.25, 0.3) is 5.91 Å². The smallest absolute Gasteiger partial charge is 0.406 e. The van der Waals surface area contributed by atoms with Crippen molar-refractivity contribution >= 4 is 32.6 Å². The Hall–Kier alpha value is -2.81. The Labute approximate surface area is 169 Å². The van der Waals surface area contributed by atoms with Gasteiger partial charge in [-0.15, -0.1) is 13.2 Å². The van der Waals surface area contributed by atoms with Gasteiger partial charge in [-0.05, 0) is 31.2 Å². The van der Waals surface area contributed by atoms with E-state index in [1.807, 2.05) is 36.1 Å². The van der Waals surface area contributed by atoms with Gasteiger partial charge >= 0.3 is 6.36 Å². The van der Waals surface area contributed by atoms with E-state index < -0.39 is 6.36 Å². The van der Waals surface area contributed by atoms with Crippen LogP contribution in [0, 0.1) is 6.92 Å². The maximum Gasteiger partial charge on any atom is 0.573 e. The number of thiazole rings is 1. The van der Waals surface area contributed by atoms with E-state index in [-0.39, 0.29) is 11.7 Å². The molecular formula is C20H18F3N3O2S. The molecule has 0 aliphatic carbocycles. The molecule has 0 unspecified atom stereocenters. The Kier molecular flexibility index (Phi) is 5.08. The molecule has 1 aromatic heterocycles. The molecule has 1 aliphatic rings. The fourth-order valence-electron chi connectivity index (χ4n) is 3.29. The number of ether oxygens (including phenoxy) is 1. The van der Waals surface area contributed by atoms with Gasteiger partial charge in [-0.3, -0.25) is 4.79 Å². The van der Waals surface area contributed by atoms with Crippen LogP contribution in [-0.2, 0) is 0 Å². The third kappa shape index (κ3) is 4.45. The number of piperazine rings is 1. The van der Waals surface area contributed by atoms with E-state index in [2.05, 4.69) is 14.6 Å². The van der Waals surface area contributed by atoms with Crippen LogP contribution < -0.4 is 9.64 Å². The molecule has 0 spiro atoms. The molecule has 1 aliphatic heterocycles. The Morgan fingerprint density at radius 1 is 1.10 bits per heavy atom. The van der Waals surface area contributed by atoms with E-state index in [0.717, 1.165) is 10.7 Å². The molecule has 0 N–H and O–H groups in total. The minimum atomic E-state index is -4.72. The number of halogens is 3. The normalized spacial score (nSPS) is 15.0. The summed E-state index contributed by atoms with van der Waals surface area (Å²) in [6.07, 6.45) is -4.72. The molecule has 4 rings (SSSR count). The lowest BCUT2D eigenvalue weighted by Gasteiger charge is -2.34. The first-order chi connectivity index (χ1) is 13.8. The van der Waals surface area contributed by atoms with E-state index in [1.54, 1.807) is 0 Å². The second kappa shape index (κ2) is 7.55. The van der Waals surface area contributed by atoms with Crippen LogP contribution in [-0.4, -0.2) is 48.3 Å². The number of carbonyl (C=O) groups excluding carboxylic acids is 1. The molecule has 3 aromatic rings. The molecule has 2 aromatic carbocycles. The van der Waals surface area contributed by atoms with Crippen molar-refractivity contribution in [2.24, 2.45) is 0 Å². The lowest BCUT2D eigenvalue weighted by atomic mass is 10.1. The number of benzene rings is 2. The summed E-state index contributed by atoms with van der Waals surface area (Å²) in [4.78, 5) is 21.1. The van der Waals surface area contributed by atoms with Gasteiger partial charge in [-0.2, -0.15) is 0 Å². The summed E-state index contributed by atoms with van der Waals surface area (Å²) in [5.41, 5.74) is 2.34. The van der Waals surface area contributed by atoms with Crippen molar-refractivity contribution in [3.8, 4) is 5.75 Å². The molecule has 9 heteroatoms. The van der Waals surface area contributed by atoms with Crippen molar-refractivity contribution in [2.75, 3.05) is 31.1 Å². The third-order valence-electron chi connectivity index (χ3n) is 4.68. The molecule has 2 heterocycles. The van der Waals surface area contributed by atoms with E-state index in [0.29, 0.717) is 42.0 Å². The van der Waals surface area contributed by atoms with Crippen molar-refractivity contribution < 1.29 is 22.7 Å². The minimum absolute atomic E-state index is 0.00610. The zero-order chi connectivity index (χ0) is 20.6. The van der Waals surface area contributed by atoms with E-state index in [1.165, 1.54) is 29.5 Å². The number of hydrogen-bond donors (Lipinski definition) is 0. The number of hydrogen-bond acceptors (Lipinski definition) is 5. The predicted molar refractivity (Wildman–Crippen MR) is 106 cm³/mol. The number of alkyl halides is 3.